The van der Waals surface area contributed by atoms with Crippen LogP contribution in [-0.2, 0) is 19.7 Å². The number of nitrogens with zero attached hydrogens (tertiary/aromatic N) is 3. The number of aromatic hydroxyl groups is 1. The van der Waals surface area contributed by atoms with Gasteiger partial charge in [0.25, 0.3) is 0 Å². The van der Waals surface area contributed by atoms with Gasteiger partial charge in [0.05, 0.1) is 0 Å². The first-order valence-electron chi connectivity index (χ1n) is 6.66. The summed E-state index contributed by atoms with van der Waals surface area (Å²) in [7, 11) is 0. The van der Waals surface area contributed by atoms with Crippen molar-refractivity contribution in [1.82, 2.24) is 14.1 Å². The quantitative estimate of drug-likeness (QED) is 0.747. The number of phenolic OH excluding ortho intramolecular Hbond substituents is 1. The zero-order chi connectivity index (χ0) is 13.9. The second-order valence-electron chi connectivity index (χ2n) is 4.80. The van der Waals surface area contributed by atoms with Gasteiger partial charge >= 0.3 is 0 Å². The van der Waals surface area contributed by atoms with E-state index in [-0.39, 0.29) is 6.61 Å². The molecule has 0 aliphatic carbocycles. The van der Waals surface area contributed by atoms with E-state index >= 15 is 0 Å². The molecule has 0 radical (unpaired) electrons. The predicted molar refractivity (Wildman–Crippen MR) is 76.4 cm³/mol. The van der Waals surface area contributed by atoms with Crippen molar-refractivity contribution in [2.24, 2.45) is 0 Å². The van der Waals surface area contributed by atoms with Crippen molar-refractivity contribution in [1.29, 1.82) is 0 Å². The first-order chi connectivity index (χ1) is 9.78. The summed E-state index contributed by atoms with van der Waals surface area (Å²) in [6.45, 7) is 1.68. The highest BCUT2D eigenvalue weighted by atomic mass is 16.3. The summed E-state index contributed by atoms with van der Waals surface area (Å²) in [6.07, 6.45) is 6.58. The van der Waals surface area contributed by atoms with Crippen LogP contribution in [0.3, 0.4) is 0 Å². The Hall–Kier alpha value is -2.27. The van der Waals surface area contributed by atoms with Crippen LogP contribution >= 0.6 is 0 Å². The molecule has 0 saturated carbocycles. The molecule has 0 aliphatic heterocycles. The predicted octanol–water partition coefficient (Wildman–Crippen LogP) is 2.13. The van der Waals surface area contributed by atoms with E-state index in [2.05, 4.69) is 9.55 Å². The second-order valence-corrected chi connectivity index (χ2v) is 4.80. The first-order valence-corrected chi connectivity index (χ1v) is 6.66. The van der Waals surface area contributed by atoms with Crippen molar-refractivity contribution in [2.45, 2.75) is 26.1 Å². The lowest BCUT2D eigenvalue weighted by Crippen LogP contribution is -2.06. The first kappa shape index (κ1) is 12.7. The van der Waals surface area contributed by atoms with Gasteiger partial charge in [-0.15, -0.1) is 0 Å². The van der Waals surface area contributed by atoms with Crippen molar-refractivity contribution >= 4 is 10.9 Å². The Labute approximate surface area is 116 Å². The maximum absolute atomic E-state index is 9.46. The standard InChI is InChI=1S/C15H17N3O2/c19-11-15-16-5-9-18(15)7-1-6-17-8-4-12-10-13(20)2-3-14(12)17/h2-5,8-10,19-20H,1,6-7,11H2. The van der Waals surface area contributed by atoms with Crippen molar-refractivity contribution in [3.8, 4) is 5.75 Å². The van der Waals surface area contributed by atoms with Gasteiger partial charge in [-0.05, 0) is 30.7 Å². The molecule has 20 heavy (non-hydrogen) atoms. The largest absolute Gasteiger partial charge is 0.508 e. The zero-order valence-electron chi connectivity index (χ0n) is 11.1. The zero-order valence-corrected chi connectivity index (χ0v) is 11.1. The number of aliphatic hydroxyl groups excluding tert-OH is 1. The van der Waals surface area contributed by atoms with Gasteiger partial charge in [0.1, 0.15) is 18.2 Å². The van der Waals surface area contributed by atoms with E-state index in [0.29, 0.717) is 11.6 Å². The molecule has 0 amide bonds. The minimum Gasteiger partial charge on any atom is -0.508 e. The van der Waals surface area contributed by atoms with Crippen LogP contribution in [0.1, 0.15) is 12.2 Å². The minimum atomic E-state index is -0.0290. The number of aromatic nitrogens is 3. The lowest BCUT2D eigenvalue weighted by atomic mass is 10.2. The van der Waals surface area contributed by atoms with Gasteiger partial charge in [0.15, 0.2) is 0 Å². The maximum atomic E-state index is 9.46. The summed E-state index contributed by atoms with van der Waals surface area (Å²) in [5, 5.41) is 19.6. The van der Waals surface area contributed by atoms with E-state index in [0.717, 1.165) is 30.4 Å². The number of fused-ring (bicyclic) bond motifs is 1. The molecule has 2 N–H and O–H groups in total. The molecular formula is C15H17N3O2. The number of hydrogen-bond acceptors (Lipinski definition) is 3. The molecule has 3 aromatic rings. The lowest BCUT2D eigenvalue weighted by Gasteiger charge is -2.08. The molecular weight excluding hydrogens is 254 g/mol. The number of aliphatic hydroxyl groups is 1. The van der Waals surface area contributed by atoms with E-state index in [1.165, 1.54) is 0 Å². The topological polar surface area (TPSA) is 63.2 Å². The van der Waals surface area contributed by atoms with Crippen LogP contribution < -0.4 is 0 Å². The van der Waals surface area contributed by atoms with Crippen LogP contribution in [-0.4, -0.2) is 24.3 Å². The summed E-state index contributed by atoms with van der Waals surface area (Å²) in [5.41, 5.74) is 1.12. The molecule has 104 valence electrons. The molecule has 0 spiro atoms. The maximum Gasteiger partial charge on any atom is 0.134 e. The Morgan fingerprint density at radius 3 is 2.75 bits per heavy atom. The van der Waals surface area contributed by atoms with Crippen LogP contribution in [0.5, 0.6) is 5.75 Å². The number of aryl methyl sites for hydroxylation is 2. The fourth-order valence-corrected chi connectivity index (χ4v) is 2.49. The van der Waals surface area contributed by atoms with Crippen molar-refractivity contribution < 1.29 is 10.2 Å². The Balaban J connectivity index is 1.68. The molecule has 0 saturated heterocycles. The average molecular weight is 271 g/mol. The van der Waals surface area contributed by atoms with Gasteiger partial charge in [-0.1, -0.05) is 0 Å². The van der Waals surface area contributed by atoms with Crippen LogP contribution in [0.2, 0.25) is 0 Å². The molecule has 3 rings (SSSR count). The summed E-state index contributed by atoms with van der Waals surface area (Å²) >= 11 is 0. The molecule has 2 heterocycles. The van der Waals surface area contributed by atoms with E-state index in [9.17, 15) is 5.11 Å². The molecule has 0 atom stereocenters. The fourth-order valence-electron chi connectivity index (χ4n) is 2.49. The van der Waals surface area contributed by atoms with Gasteiger partial charge in [-0.2, -0.15) is 0 Å². The third kappa shape index (κ3) is 2.40. The molecule has 1 aromatic carbocycles. The highest BCUT2D eigenvalue weighted by Gasteiger charge is 2.03. The normalized spacial score (nSPS) is 11.2. The van der Waals surface area contributed by atoms with Gasteiger partial charge in [0.2, 0.25) is 0 Å². The molecule has 5 nitrogen and oxygen atoms in total. The number of imidazole rings is 1. The van der Waals surface area contributed by atoms with Crippen LogP contribution in [0, 0.1) is 0 Å². The van der Waals surface area contributed by atoms with Gasteiger partial charge in [0, 0.05) is 42.6 Å². The smallest absolute Gasteiger partial charge is 0.134 e. The number of benzene rings is 1. The van der Waals surface area contributed by atoms with Gasteiger partial charge in [-0.3, -0.25) is 0 Å². The van der Waals surface area contributed by atoms with Gasteiger partial charge in [-0.25, -0.2) is 4.98 Å². The van der Waals surface area contributed by atoms with E-state index in [1.807, 2.05) is 29.1 Å². The Morgan fingerprint density at radius 2 is 1.90 bits per heavy atom. The Bertz CT molecular complexity index is 715. The highest BCUT2D eigenvalue weighted by molar-refractivity contribution is 5.81. The molecule has 0 fully saturated rings. The third-order valence-electron chi connectivity index (χ3n) is 3.50. The SMILES string of the molecule is OCc1nccn1CCCn1ccc2cc(O)ccc21. The van der Waals surface area contributed by atoms with Gasteiger partial charge < -0.3 is 19.3 Å². The number of phenols is 1. The van der Waals surface area contributed by atoms with Crippen molar-refractivity contribution in [3.05, 3.63) is 48.7 Å². The van der Waals surface area contributed by atoms with Crippen LogP contribution in [0.4, 0.5) is 0 Å². The van der Waals surface area contributed by atoms with Crippen molar-refractivity contribution in [2.75, 3.05) is 0 Å². The molecule has 0 aliphatic rings. The Morgan fingerprint density at radius 1 is 1.05 bits per heavy atom. The third-order valence-corrected chi connectivity index (χ3v) is 3.50. The number of rotatable bonds is 5. The van der Waals surface area contributed by atoms with E-state index < -0.39 is 0 Å². The highest BCUT2D eigenvalue weighted by Crippen LogP contribution is 2.21. The van der Waals surface area contributed by atoms with Crippen LogP contribution in [0.15, 0.2) is 42.9 Å². The van der Waals surface area contributed by atoms with Crippen LogP contribution in [0.25, 0.3) is 10.9 Å². The average Bonchev–Trinajstić information content (AvgIpc) is 3.05. The van der Waals surface area contributed by atoms with Crippen molar-refractivity contribution in [3.63, 3.8) is 0 Å². The summed E-state index contributed by atoms with van der Waals surface area (Å²) in [4.78, 5) is 4.09. The summed E-state index contributed by atoms with van der Waals surface area (Å²) in [5.74, 6) is 0.994. The molecule has 0 bridgehead atoms. The molecule has 5 heteroatoms. The van der Waals surface area contributed by atoms with E-state index in [4.69, 9.17) is 5.11 Å². The Kier molecular flexibility index (Phi) is 3.43. The fraction of sp³-hybridized carbons (Fsp3) is 0.267. The summed E-state index contributed by atoms with van der Waals surface area (Å²) < 4.78 is 4.14. The number of hydrogen-bond donors (Lipinski definition) is 2. The summed E-state index contributed by atoms with van der Waals surface area (Å²) in [6, 6.07) is 7.41. The lowest BCUT2D eigenvalue weighted by molar-refractivity contribution is 0.264. The molecule has 0 unspecified atom stereocenters. The molecule has 2 aromatic heterocycles. The second kappa shape index (κ2) is 5.38. The monoisotopic (exact) mass is 271 g/mol. The minimum absolute atomic E-state index is 0.0290. The van der Waals surface area contributed by atoms with E-state index in [1.54, 1.807) is 18.3 Å².